The molecule has 0 aromatic rings. The second-order valence-electron chi connectivity index (χ2n) is 4.05. The van der Waals surface area contributed by atoms with E-state index in [1.165, 1.54) is 0 Å². The Morgan fingerprint density at radius 1 is 1.79 bits per heavy atom. The molecule has 1 fully saturated rings. The Morgan fingerprint density at radius 3 is 2.93 bits per heavy atom. The zero-order valence-electron chi connectivity index (χ0n) is 8.66. The van der Waals surface area contributed by atoms with Crippen LogP contribution in [-0.4, -0.2) is 40.6 Å². The Hall–Kier alpha value is -1.08. The third-order valence-electron chi connectivity index (χ3n) is 2.91. The first-order valence-electron chi connectivity index (χ1n) is 4.84. The van der Waals surface area contributed by atoms with Crippen LogP contribution in [-0.2, 0) is 4.79 Å². The van der Waals surface area contributed by atoms with Gasteiger partial charge in [-0.2, -0.15) is 0 Å². The summed E-state index contributed by atoms with van der Waals surface area (Å²) in [7, 11) is 0. The van der Waals surface area contributed by atoms with E-state index in [2.05, 4.69) is 4.85 Å². The number of hydrogen-bond acceptors (Lipinski definition) is 2. The van der Waals surface area contributed by atoms with Gasteiger partial charge >= 0.3 is 5.91 Å². The number of carbonyl (C=O) groups is 1. The van der Waals surface area contributed by atoms with Crippen molar-refractivity contribution in [1.82, 2.24) is 4.90 Å². The summed E-state index contributed by atoms with van der Waals surface area (Å²) in [5.74, 6) is -0.158. The number of nitrogens with zero attached hydrogens (tertiary/aromatic N) is 2. The number of rotatable bonds is 2. The highest BCUT2D eigenvalue weighted by Crippen LogP contribution is 2.29. The highest BCUT2D eigenvalue weighted by Gasteiger charge is 2.41. The highest BCUT2D eigenvalue weighted by molar-refractivity contribution is 5.84. The SMILES string of the molecule is [C-]#[N+]C(C)C(=O)N1CCC[C@]1(C)CO. The highest BCUT2D eigenvalue weighted by atomic mass is 16.3. The minimum Gasteiger partial charge on any atom is -0.394 e. The van der Waals surface area contributed by atoms with Crippen molar-refractivity contribution in [3.63, 3.8) is 0 Å². The molecule has 0 saturated carbocycles. The third-order valence-corrected chi connectivity index (χ3v) is 2.91. The molecule has 2 atom stereocenters. The van der Waals surface area contributed by atoms with Gasteiger partial charge in [0, 0.05) is 13.5 Å². The first-order valence-corrected chi connectivity index (χ1v) is 4.84. The minimum atomic E-state index is -0.626. The van der Waals surface area contributed by atoms with Crippen LogP contribution in [0.5, 0.6) is 0 Å². The van der Waals surface area contributed by atoms with Gasteiger partial charge in [-0.3, -0.25) is 4.79 Å². The standard InChI is InChI=1S/C10H16N2O2/c1-8(11-3)9(14)12-6-4-5-10(12,2)7-13/h8,13H,4-7H2,1-2H3/t8?,10-/m1/s1. The lowest BCUT2D eigenvalue weighted by molar-refractivity contribution is -0.136. The Morgan fingerprint density at radius 2 is 2.43 bits per heavy atom. The molecule has 0 spiro atoms. The van der Waals surface area contributed by atoms with Gasteiger partial charge in [-0.25, -0.2) is 6.57 Å². The van der Waals surface area contributed by atoms with E-state index < -0.39 is 11.6 Å². The van der Waals surface area contributed by atoms with E-state index in [1.807, 2.05) is 6.92 Å². The Bertz CT molecular complexity index is 272. The fraction of sp³-hybridized carbons (Fsp3) is 0.800. The number of hydrogen-bond donors (Lipinski definition) is 1. The van der Waals surface area contributed by atoms with Crippen molar-refractivity contribution >= 4 is 5.91 Å². The topological polar surface area (TPSA) is 44.9 Å². The molecule has 1 amide bonds. The Kier molecular flexibility index (Phi) is 3.12. The van der Waals surface area contributed by atoms with E-state index in [4.69, 9.17) is 6.57 Å². The molecule has 1 rings (SSSR count). The molecular weight excluding hydrogens is 180 g/mol. The second-order valence-corrected chi connectivity index (χ2v) is 4.05. The molecule has 0 bridgehead atoms. The molecule has 0 aromatic carbocycles. The zero-order chi connectivity index (χ0) is 10.8. The number of likely N-dealkylation sites (tertiary alicyclic amines) is 1. The van der Waals surface area contributed by atoms with Crippen LogP contribution in [0.1, 0.15) is 26.7 Å². The lowest BCUT2D eigenvalue weighted by Crippen LogP contribution is -2.50. The quantitative estimate of drug-likeness (QED) is 0.660. The molecule has 14 heavy (non-hydrogen) atoms. The molecule has 1 aliphatic rings. The molecule has 4 heteroatoms. The van der Waals surface area contributed by atoms with Crippen LogP contribution in [0.25, 0.3) is 4.85 Å². The minimum absolute atomic E-state index is 0.0243. The van der Waals surface area contributed by atoms with Gasteiger partial charge in [0.25, 0.3) is 6.04 Å². The molecule has 1 heterocycles. The van der Waals surface area contributed by atoms with Crippen molar-refractivity contribution < 1.29 is 9.90 Å². The van der Waals surface area contributed by atoms with Crippen LogP contribution in [0.2, 0.25) is 0 Å². The molecule has 1 unspecified atom stereocenters. The summed E-state index contributed by atoms with van der Waals surface area (Å²) in [6, 6.07) is -0.626. The van der Waals surface area contributed by atoms with Crippen LogP contribution < -0.4 is 0 Å². The number of aliphatic hydroxyl groups excluding tert-OH is 1. The summed E-state index contributed by atoms with van der Waals surface area (Å²) in [6.07, 6.45) is 1.73. The van der Waals surface area contributed by atoms with Gasteiger partial charge in [0.15, 0.2) is 0 Å². The van der Waals surface area contributed by atoms with E-state index >= 15 is 0 Å². The molecule has 1 aliphatic heterocycles. The van der Waals surface area contributed by atoms with Crippen LogP contribution in [0.4, 0.5) is 0 Å². The van der Waals surface area contributed by atoms with Crippen LogP contribution >= 0.6 is 0 Å². The van der Waals surface area contributed by atoms with E-state index in [1.54, 1.807) is 11.8 Å². The van der Waals surface area contributed by atoms with E-state index in [9.17, 15) is 9.90 Å². The predicted octanol–water partition coefficient (Wildman–Crippen LogP) is 0.668. The lowest BCUT2D eigenvalue weighted by atomic mass is 10.00. The van der Waals surface area contributed by atoms with Gasteiger partial charge in [-0.05, 0) is 19.8 Å². The summed E-state index contributed by atoms with van der Waals surface area (Å²) >= 11 is 0. The number of amides is 1. The summed E-state index contributed by atoms with van der Waals surface area (Å²) < 4.78 is 0. The van der Waals surface area contributed by atoms with Gasteiger partial charge in [0.1, 0.15) is 0 Å². The molecule has 4 nitrogen and oxygen atoms in total. The fourth-order valence-corrected chi connectivity index (χ4v) is 1.84. The largest absolute Gasteiger partial charge is 0.394 e. The fourth-order valence-electron chi connectivity index (χ4n) is 1.84. The van der Waals surface area contributed by atoms with Crippen molar-refractivity contribution in [1.29, 1.82) is 0 Å². The van der Waals surface area contributed by atoms with Crippen molar-refractivity contribution in [2.45, 2.75) is 38.3 Å². The maximum atomic E-state index is 11.8. The van der Waals surface area contributed by atoms with Crippen molar-refractivity contribution in [2.24, 2.45) is 0 Å². The first kappa shape index (κ1) is 11.0. The van der Waals surface area contributed by atoms with Crippen LogP contribution in [0, 0.1) is 6.57 Å². The first-order chi connectivity index (χ1) is 6.55. The van der Waals surface area contributed by atoms with Crippen molar-refractivity contribution in [2.75, 3.05) is 13.2 Å². The normalized spacial score (nSPS) is 28.6. The summed E-state index contributed by atoms with van der Waals surface area (Å²) in [4.78, 5) is 16.6. The summed E-state index contributed by atoms with van der Waals surface area (Å²) in [5.41, 5.74) is -0.448. The van der Waals surface area contributed by atoms with Crippen LogP contribution in [0.15, 0.2) is 0 Å². The van der Waals surface area contributed by atoms with E-state index in [0.717, 1.165) is 12.8 Å². The monoisotopic (exact) mass is 196 g/mol. The van der Waals surface area contributed by atoms with Crippen molar-refractivity contribution in [3.05, 3.63) is 11.4 Å². The molecule has 1 N–H and O–H groups in total. The predicted molar refractivity (Wildman–Crippen MR) is 52.5 cm³/mol. The molecule has 0 aromatic heterocycles. The molecular formula is C10H16N2O2. The average molecular weight is 196 g/mol. The van der Waals surface area contributed by atoms with E-state index in [0.29, 0.717) is 6.54 Å². The van der Waals surface area contributed by atoms with E-state index in [-0.39, 0.29) is 12.5 Å². The lowest BCUT2D eigenvalue weighted by Gasteiger charge is -2.33. The summed E-state index contributed by atoms with van der Waals surface area (Å²) in [6.45, 7) is 10.9. The van der Waals surface area contributed by atoms with Gasteiger partial charge in [-0.15, -0.1) is 0 Å². The Balaban J connectivity index is 2.78. The smallest absolute Gasteiger partial charge is 0.306 e. The van der Waals surface area contributed by atoms with Gasteiger partial charge in [0.05, 0.1) is 12.1 Å². The second kappa shape index (κ2) is 3.97. The third kappa shape index (κ3) is 1.73. The van der Waals surface area contributed by atoms with Crippen molar-refractivity contribution in [3.8, 4) is 0 Å². The Labute approximate surface area is 84.3 Å². The number of aliphatic hydroxyl groups is 1. The average Bonchev–Trinajstić information content (AvgIpc) is 2.59. The van der Waals surface area contributed by atoms with Gasteiger partial charge in [-0.1, -0.05) is 0 Å². The number of carbonyl (C=O) groups excluding carboxylic acids is 1. The van der Waals surface area contributed by atoms with Crippen LogP contribution in [0.3, 0.4) is 0 Å². The maximum absolute atomic E-state index is 11.8. The molecule has 78 valence electrons. The van der Waals surface area contributed by atoms with Gasteiger partial charge in [0.2, 0.25) is 0 Å². The van der Waals surface area contributed by atoms with Gasteiger partial charge < -0.3 is 14.9 Å². The maximum Gasteiger partial charge on any atom is 0.306 e. The molecule has 0 aliphatic carbocycles. The summed E-state index contributed by atoms with van der Waals surface area (Å²) in [5, 5.41) is 9.23. The zero-order valence-corrected chi connectivity index (χ0v) is 8.66. The molecule has 1 saturated heterocycles. The molecule has 0 radical (unpaired) electrons.